The molecular weight excluding hydrogens is 598 g/mol. The molecule has 1 unspecified atom stereocenters. The lowest BCUT2D eigenvalue weighted by Crippen LogP contribution is -2.57. The topological polar surface area (TPSA) is 154 Å². The van der Waals surface area contributed by atoms with Crippen LogP contribution >= 0.6 is 0 Å². The minimum atomic E-state index is -3.45. The number of urea groups is 1. The van der Waals surface area contributed by atoms with Crippen molar-refractivity contribution in [3.63, 3.8) is 0 Å². The minimum absolute atomic E-state index is 0.0187. The van der Waals surface area contributed by atoms with Crippen LogP contribution in [0, 0.1) is 17.8 Å². The second-order valence-electron chi connectivity index (χ2n) is 12.3. The van der Waals surface area contributed by atoms with Gasteiger partial charge in [0.15, 0.2) is 0 Å². The predicted molar refractivity (Wildman–Crippen MR) is 167 cm³/mol. The van der Waals surface area contributed by atoms with Gasteiger partial charge in [0.2, 0.25) is 21.8 Å². The van der Waals surface area contributed by atoms with Crippen LogP contribution < -0.4 is 16.2 Å². The van der Waals surface area contributed by atoms with Crippen molar-refractivity contribution < 1.29 is 32.4 Å². The van der Waals surface area contributed by atoms with Crippen LogP contribution in [0.2, 0.25) is 0 Å². The van der Waals surface area contributed by atoms with E-state index in [0.717, 1.165) is 17.4 Å². The van der Waals surface area contributed by atoms with E-state index in [0.29, 0.717) is 30.7 Å². The van der Waals surface area contributed by atoms with Gasteiger partial charge in [-0.2, -0.15) is 5.01 Å². The largest absolute Gasteiger partial charge is 0.344 e. The summed E-state index contributed by atoms with van der Waals surface area (Å²) in [4.78, 5) is 59.5. The van der Waals surface area contributed by atoms with Crippen LogP contribution in [0.1, 0.15) is 57.1 Å². The number of hydrazine groups is 1. The molecule has 2 atom stereocenters. The zero-order valence-corrected chi connectivity index (χ0v) is 26.8. The van der Waals surface area contributed by atoms with E-state index in [-0.39, 0.29) is 38.5 Å². The highest BCUT2D eigenvalue weighted by Gasteiger charge is 2.54. The maximum Gasteiger partial charge on any atom is 0.344 e. The monoisotopic (exact) mass is 641 g/mol. The Bertz CT molecular complexity index is 1440. The van der Waals surface area contributed by atoms with Crippen molar-refractivity contribution in [2.45, 2.75) is 64.5 Å². The standard InChI is InChI=1S/C32H43N5O7S/c1-23(2)21-27(28(38)34-37-30(40)32(33-31(37)41)17-19-36(20-18-32)45(3,42)43)26(16-10-15-24-11-6-4-7-12-24)29(39)35-44-22-25-13-8-5-9-14-25/h4-9,11-14,23,26-27H,10,15-22H2,1-3H3,(H,33,41)(H,34,38)(H,35,39)/t26-,27?/m1/s1. The molecule has 244 valence electrons. The fourth-order valence-electron chi connectivity index (χ4n) is 5.94. The number of hydrogen-bond acceptors (Lipinski definition) is 7. The quantitative estimate of drug-likeness (QED) is 0.212. The van der Waals surface area contributed by atoms with Crippen molar-refractivity contribution in [1.29, 1.82) is 0 Å². The molecule has 0 aliphatic carbocycles. The molecule has 2 heterocycles. The van der Waals surface area contributed by atoms with Crippen molar-refractivity contribution in [2.75, 3.05) is 19.3 Å². The molecule has 5 amide bonds. The van der Waals surface area contributed by atoms with Crippen LogP contribution in [0.5, 0.6) is 0 Å². The molecule has 0 aromatic heterocycles. The van der Waals surface area contributed by atoms with Gasteiger partial charge in [-0.25, -0.2) is 23.0 Å². The molecule has 2 aromatic carbocycles. The smallest absolute Gasteiger partial charge is 0.321 e. The number of imide groups is 1. The Morgan fingerprint density at radius 3 is 2.11 bits per heavy atom. The van der Waals surface area contributed by atoms with Crippen LogP contribution in [0.25, 0.3) is 0 Å². The summed E-state index contributed by atoms with van der Waals surface area (Å²) >= 11 is 0. The number of piperidine rings is 1. The number of sulfonamides is 1. The second-order valence-corrected chi connectivity index (χ2v) is 14.2. The molecule has 0 saturated carbocycles. The Labute approximate surface area is 264 Å². The Morgan fingerprint density at radius 1 is 0.933 bits per heavy atom. The molecule has 2 aromatic rings. The van der Waals surface area contributed by atoms with Crippen LogP contribution in [-0.4, -0.2) is 66.4 Å². The maximum atomic E-state index is 13.9. The molecule has 2 aliphatic rings. The molecule has 2 saturated heterocycles. The molecule has 1 spiro atoms. The zero-order valence-electron chi connectivity index (χ0n) is 26.0. The highest BCUT2D eigenvalue weighted by atomic mass is 32.2. The Balaban J connectivity index is 1.48. The minimum Gasteiger partial charge on any atom is -0.321 e. The third-order valence-electron chi connectivity index (χ3n) is 8.39. The van der Waals surface area contributed by atoms with Crippen molar-refractivity contribution in [3.8, 4) is 0 Å². The third-order valence-corrected chi connectivity index (χ3v) is 9.69. The summed E-state index contributed by atoms with van der Waals surface area (Å²) in [6.45, 7) is 4.14. The lowest BCUT2D eigenvalue weighted by Gasteiger charge is -2.35. The normalized spacial score (nSPS) is 18.1. The second kappa shape index (κ2) is 15.0. The Kier molecular flexibility index (Phi) is 11.3. The summed E-state index contributed by atoms with van der Waals surface area (Å²) in [7, 11) is -3.45. The predicted octanol–water partition coefficient (Wildman–Crippen LogP) is 2.91. The molecule has 4 rings (SSSR count). The zero-order chi connectivity index (χ0) is 32.6. The van der Waals surface area contributed by atoms with Crippen molar-refractivity contribution in [2.24, 2.45) is 17.8 Å². The summed E-state index contributed by atoms with van der Waals surface area (Å²) in [5.74, 6) is -3.38. The van der Waals surface area contributed by atoms with Gasteiger partial charge in [0.25, 0.3) is 5.91 Å². The van der Waals surface area contributed by atoms with Gasteiger partial charge in [-0.05, 0) is 55.6 Å². The lowest BCUT2D eigenvalue weighted by molar-refractivity contribution is -0.148. The van der Waals surface area contributed by atoms with Crippen molar-refractivity contribution in [1.82, 2.24) is 25.5 Å². The van der Waals surface area contributed by atoms with Crippen LogP contribution in [0.15, 0.2) is 60.7 Å². The average molecular weight is 642 g/mol. The van der Waals surface area contributed by atoms with Crippen LogP contribution in [0.3, 0.4) is 0 Å². The summed E-state index contributed by atoms with van der Waals surface area (Å²) in [5, 5.41) is 3.35. The highest BCUT2D eigenvalue weighted by Crippen LogP contribution is 2.31. The molecule has 2 aliphatic heterocycles. The van der Waals surface area contributed by atoms with Gasteiger partial charge >= 0.3 is 6.03 Å². The molecular formula is C32H43N5O7S. The van der Waals surface area contributed by atoms with E-state index in [2.05, 4.69) is 16.2 Å². The fraction of sp³-hybridized carbons (Fsp3) is 0.500. The first-order chi connectivity index (χ1) is 21.4. The van der Waals surface area contributed by atoms with Gasteiger partial charge in [0.05, 0.1) is 24.7 Å². The number of benzene rings is 2. The number of nitrogens with one attached hydrogen (secondary N) is 3. The van der Waals surface area contributed by atoms with E-state index in [9.17, 15) is 27.6 Å². The van der Waals surface area contributed by atoms with Gasteiger partial charge in [-0.3, -0.25) is 24.6 Å². The summed E-state index contributed by atoms with van der Waals surface area (Å²) in [5.41, 5.74) is 5.69. The summed E-state index contributed by atoms with van der Waals surface area (Å²) < 4.78 is 25.2. The van der Waals surface area contributed by atoms with Gasteiger partial charge in [0, 0.05) is 13.1 Å². The number of nitrogens with zero attached hydrogens (tertiary/aromatic N) is 2. The molecule has 12 nitrogen and oxygen atoms in total. The number of aryl methyl sites for hydroxylation is 1. The molecule has 0 bridgehead atoms. The van der Waals surface area contributed by atoms with Crippen molar-refractivity contribution in [3.05, 3.63) is 71.8 Å². The van der Waals surface area contributed by atoms with E-state index in [4.69, 9.17) is 4.84 Å². The van der Waals surface area contributed by atoms with Gasteiger partial charge < -0.3 is 5.32 Å². The summed E-state index contributed by atoms with van der Waals surface area (Å²) in [6.07, 6.45) is 3.26. The number of carbonyl (C=O) groups is 4. The highest BCUT2D eigenvalue weighted by molar-refractivity contribution is 7.88. The number of rotatable bonds is 14. The van der Waals surface area contributed by atoms with Gasteiger partial charge in [-0.1, -0.05) is 74.5 Å². The first-order valence-corrected chi connectivity index (χ1v) is 17.2. The van der Waals surface area contributed by atoms with E-state index < -0.39 is 51.2 Å². The van der Waals surface area contributed by atoms with Crippen LogP contribution in [0.4, 0.5) is 4.79 Å². The molecule has 13 heteroatoms. The number of carbonyl (C=O) groups excluding carboxylic acids is 4. The van der Waals surface area contributed by atoms with E-state index in [1.807, 2.05) is 74.5 Å². The van der Waals surface area contributed by atoms with Crippen LogP contribution in [-0.2, 0) is 42.3 Å². The number of hydroxylamine groups is 1. The van der Waals surface area contributed by atoms with E-state index >= 15 is 0 Å². The first-order valence-electron chi connectivity index (χ1n) is 15.3. The summed E-state index contributed by atoms with van der Waals surface area (Å²) in [6, 6.07) is 18.4. The Hall–Kier alpha value is -3.81. The van der Waals surface area contributed by atoms with E-state index in [1.165, 1.54) is 4.31 Å². The van der Waals surface area contributed by atoms with Crippen molar-refractivity contribution >= 4 is 33.8 Å². The number of amides is 5. The average Bonchev–Trinajstić information content (AvgIpc) is 3.22. The SMILES string of the molecule is CC(C)CC(C(=O)NN1C(=O)NC2(CCN(S(C)(=O)=O)CC2)C1=O)[C@@H](CCCc1ccccc1)C(=O)NOCc1ccccc1. The molecule has 45 heavy (non-hydrogen) atoms. The first kappa shape index (κ1) is 34.1. The van der Waals surface area contributed by atoms with E-state index in [1.54, 1.807) is 0 Å². The fourth-order valence-corrected chi connectivity index (χ4v) is 6.79. The molecule has 3 N–H and O–H groups in total. The van der Waals surface area contributed by atoms with Gasteiger partial charge in [0.1, 0.15) is 5.54 Å². The molecule has 0 radical (unpaired) electrons. The maximum absolute atomic E-state index is 13.9. The lowest BCUT2D eigenvalue weighted by atomic mass is 9.81. The molecule has 2 fully saturated rings. The number of hydrogen-bond donors (Lipinski definition) is 3. The van der Waals surface area contributed by atoms with Gasteiger partial charge in [-0.15, -0.1) is 0 Å². The Morgan fingerprint density at radius 2 is 1.53 bits per heavy atom. The third kappa shape index (κ3) is 8.89.